The maximum absolute atomic E-state index is 8.60. The lowest BCUT2D eigenvalue weighted by molar-refractivity contribution is 0.214. The first-order valence-electron chi connectivity index (χ1n) is 2.22. The fourth-order valence-electron chi connectivity index (χ4n) is 0.253. The van der Waals surface area contributed by atoms with E-state index >= 15 is 0 Å². The second-order valence-electron chi connectivity index (χ2n) is 1.27. The van der Waals surface area contributed by atoms with Crippen LogP contribution in [-0.4, -0.2) is 24.3 Å². The molecule has 0 fully saturated rings. The SMILES string of the molecule is NC[CH]C(O)CN. The summed E-state index contributed by atoms with van der Waals surface area (Å²) in [4.78, 5) is 0. The predicted octanol–water partition coefficient (Wildman–Crippen LogP) is -1.53. The van der Waals surface area contributed by atoms with Crippen LogP contribution in [0.15, 0.2) is 0 Å². The van der Waals surface area contributed by atoms with E-state index in [2.05, 4.69) is 0 Å². The zero-order valence-corrected chi connectivity index (χ0v) is 4.17. The number of hydrogen-bond acceptors (Lipinski definition) is 3. The first-order valence-corrected chi connectivity index (χ1v) is 2.22. The van der Waals surface area contributed by atoms with Crippen molar-refractivity contribution in [3.05, 3.63) is 6.42 Å². The summed E-state index contributed by atoms with van der Waals surface area (Å²) in [7, 11) is 0. The second kappa shape index (κ2) is 4.05. The summed E-state index contributed by atoms with van der Waals surface area (Å²) in [6.07, 6.45) is 1.03. The molecule has 5 N–H and O–H groups in total. The average Bonchev–Trinajstić information content (AvgIpc) is 1.68. The summed E-state index contributed by atoms with van der Waals surface area (Å²) in [5.74, 6) is 0. The van der Waals surface area contributed by atoms with Gasteiger partial charge < -0.3 is 16.6 Å². The lowest BCUT2D eigenvalue weighted by Gasteiger charge is -2.01. The Balaban J connectivity index is 2.83. The number of rotatable bonds is 3. The molecule has 43 valence electrons. The molecule has 1 unspecified atom stereocenters. The van der Waals surface area contributed by atoms with Crippen LogP contribution in [0.1, 0.15) is 0 Å². The Hall–Kier alpha value is -0.120. The third kappa shape index (κ3) is 3.72. The minimum Gasteiger partial charge on any atom is -0.391 e. The van der Waals surface area contributed by atoms with Crippen LogP contribution in [0.25, 0.3) is 0 Å². The van der Waals surface area contributed by atoms with Crippen LogP contribution >= 0.6 is 0 Å². The van der Waals surface area contributed by atoms with E-state index in [1.165, 1.54) is 0 Å². The molecule has 1 radical (unpaired) electrons. The summed E-state index contributed by atoms with van der Waals surface area (Å²) >= 11 is 0. The zero-order valence-electron chi connectivity index (χ0n) is 4.17. The third-order valence-electron chi connectivity index (χ3n) is 0.650. The van der Waals surface area contributed by atoms with E-state index in [0.29, 0.717) is 6.54 Å². The molecule has 7 heavy (non-hydrogen) atoms. The summed E-state index contributed by atoms with van der Waals surface area (Å²) < 4.78 is 0. The Morgan fingerprint density at radius 3 is 2.29 bits per heavy atom. The van der Waals surface area contributed by atoms with E-state index in [4.69, 9.17) is 16.6 Å². The van der Waals surface area contributed by atoms with Gasteiger partial charge in [0, 0.05) is 13.0 Å². The topological polar surface area (TPSA) is 72.3 Å². The largest absolute Gasteiger partial charge is 0.391 e. The number of aliphatic hydroxyl groups is 1. The smallest absolute Gasteiger partial charge is 0.0706 e. The highest BCUT2D eigenvalue weighted by Crippen LogP contribution is 1.80. The zero-order chi connectivity index (χ0) is 5.70. The minimum absolute atomic E-state index is 0.261. The van der Waals surface area contributed by atoms with Gasteiger partial charge in [-0.05, 0) is 6.54 Å². The van der Waals surface area contributed by atoms with E-state index in [-0.39, 0.29) is 6.54 Å². The van der Waals surface area contributed by atoms with Crippen molar-refractivity contribution in [2.45, 2.75) is 6.10 Å². The molecule has 0 saturated carbocycles. The average molecular weight is 103 g/mol. The summed E-state index contributed by atoms with van der Waals surface area (Å²) in [5.41, 5.74) is 10.1. The first kappa shape index (κ1) is 6.88. The van der Waals surface area contributed by atoms with Gasteiger partial charge in [-0.1, -0.05) is 0 Å². The highest BCUT2D eigenvalue weighted by atomic mass is 16.3. The van der Waals surface area contributed by atoms with Gasteiger partial charge in [-0.25, -0.2) is 0 Å². The second-order valence-corrected chi connectivity index (χ2v) is 1.27. The molecule has 0 aromatic heterocycles. The Morgan fingerprint density at radius 2 is 2.14 bits per heavy atom. The molecule has 0 bridgehead atoms. The Kier molecular flexibility index (Phi) is 3.98. The monoisotopic (exact) mass is 103 g/mol. The van der Waals surface area contributed by atoms with Gasteiger partial charge in [-0.3, -0.25) is 0 Å². The van der Waals surface area contributed by atoms with Crippen molar-refractivity contribution in [1.82, 2.24) is 0 Å². The van der Waals surface area contributed by atoms with Gasteiger partial charge in [-0.15, -0.1) is 0 Å². The van der Waals surface area contributed by atoms with E-state index in [1.54, 1.807) is 6.42 Å². The van der Waals surface area contributed by atoms with Crippen molar-refractivity contribution in [3.8, 4) is 0 Å². The summed E-state index contributed by atoms with van der Waals surface area (Å²) in [6, 6.07) is 0. The highest BCUT2D eigenvalue weighted by Gasteiger charge is 1.95. The molecule has 0 amide bonds. The molecule has 0 aromatic carbocycles. The molecule has 0 aliphatic heterocycles. The van der Waals surface area contributed by atoms with E-state index in [9.17, 15) is 0 Å². The van der Waals surface area contributed by atoms with Crippen molar-refractivity contribution >= 4 is 0 Å². The molecular weight excluding hydrogens is 92.1 g/mol. The lowest BCUT2D eigenvalue weighted by Crippen LogP contribution is -2.23. The Morgan fingerprint density at radius 1 is 1.57 bits per heavy atom. The van der Waals surface area contributed by atoms with Crippen molar-refractivity contribution in [2.75, 3.05) is 13.1 Å². The van der Waals surface area contributed by atoms with Crippen LogP contribution in [-0.2, 0) is 0 Å². The Bertz CT molecular complexity index is 40.7. The molecule has 3 heteroatoms. The Labute approximate surface area is 43.3 Å². The molecule has 0 rings (SSSR count). The highest BCUT2D eigenvalue weighted by molar-refractivity contribution is 4.75. The number of hydrogen-bond donors (Lipinski definition) is 3. The predicted molar refractivity (Wildman–Crippen MR) is 28.4 cm³/mol. The van der Waals surface area contributed by atoms with Crippen LogP contribution in [0.3, 0.4) is 0 Å². The quantitative estimate of drug-likeness (QED) is 0.405. The van der Waals surface area contributed by atoms with Crippen LogP contribution in [0, 0.1) is 6.42 Å². The van der Waals surface area contributed by atoms with Gasteiger partial charge in [0.05, 0.1) is 6.10 Å². The molecule has 0 aliphatic carbocycles. The standard InChI is InChI=1S/C4H11N2O/c5-2-1-4(7)3-6/h1,4,7H,2-3,5-6H2. The molecule has 0 aromatic rings. The lowest BCUT2D eigenvalue weighted by atomic mass is 10.3. The maximum Gasteiger partial charge on any atom is 0.0706 e. The summed E-state index contributed by atoms with van der Waals surface area (Å²) in [6.45, 7) is 0.648. The molecule has 0 spiro atoms. The van der Waals surface area contributed by atoms with Crippen LogP contribution in [0.2, 0.25) is 0 Å². The first-order chi connectivity index (χ1) is 3.31. The van der Waals surface area contributed by atoms with E-state index in [0.717, 1.165) is 0 Å². The van der Waals surface area contributed by atoms with Gasteiger partial charge >= 0.3 is 0 Å². The van der Waals surface area contributed by atoms with Crippen LogP contribution in [0.5, 0.6) is 0 Å². The molecule has 0 saturated heterocycles. The van der Waals surface area contributed by atoms with Gasteiger partial charge in [0.15, 0.2) is 0 Å². The summed E-state index contributed by atoms with van der Waals surface area (Å²) in [5, 5.41) is 8.60. The van der Waals surface area contributed by atoms with Crippen LogP contribution < -0.4 is 11.5 Å². The normalized spacial score (nSPS) is 14.1. The minimum atomic E-state index is -0.523. The van der Waals surface area contributed by atoms with E-state index in [1.807, 2.05) is 0 Å². The molecule has 3 nitrogen and oxygen atoms in total. The van der Waals surface area contributed by atoms with Gasteiger partial charge in [0.25, 0.3) is 0 Å². The van der Waals surface area contributed by atoms with Gasteiger partial charge in [0.1, 0.15) is 0 Å². The van der Waals surface area contributed by atoms with Crippen molar-refractivity contribution < 1.29 is 5.11 Å². The fourth-order valence-corrected chi connectivity index (χ4v) is 0.253. The molecule has 1 atom stereocenters. The number of nitrogens with two attached hydrogens (primary N) is 2. The van der Waals surface area contributed by atoms with Crippen molar-refractivity contribution in [2.24, 2.45) is 11.5 Å². The van der Waals surface area contributed by atoms with Crippen molar-refractivity contribution in [1.29, 1.82) is 0 Å². The van der Waals surface area contributed by atoms with E-state index < -0.39 is 6.10 Å². The van der Waals surface area contributed by atoms with Crippen molar-refractivity contribution in [3.63, 3.8) is 0 Å². The maximum atomic E-state index is 8.60. The third-order valence-corrected chi connectivity index (χ3v) is 0.650. The number of aliphatic hydroxyl groups excluding tert-OH is 1. The molecule has 0 aliphatic rings. The molecular formula is C4H11N2O. The van der Waals surface area contributed by atoms with Crippen LogP contribution in [0.4, 0.5) is 0 Å². The van der Waals surface area contributed by atoms with Gasteiger partial charge in [-0.2, -0.15) is 0 Å². The fraction of sp³-hybridized carbons (Fsp3) is 0.750. The van der Waals surface area contributed by atoms with Gasteiger partial charge in [0.2, 0.25) is 0 Å². The molecule has 0 heterocycles.